The van der Waals surface area contributed by atoms with Gasteiger partial charge in [-0.05, 0) is 49.7 Å². The highest BCUT2D eigenvalue weighted by Gasteiger charge is 2.25. The second-order valence-corrected chi connectivity index (χ2v) is 9.82. The predicted molar refractivity (Wildman–Crippen MR) is 131 cm³/mol. The van der Waals surface area contributed by atoms with Crippen molar-refractivity contribution in [1.29, 1.82) is 0 Å². The van der Waals surface area contributed by atoms with E-state index in [-0.39, 0.29) is 5.91 Å². The lowest BCUT2D eigenvalue weighted by atomic mass is 10.1. The molecule has 1 fully saturated rings. The molecule has 3 heterocycles. The lowest BCUT2D eigenvalue weighted by Gasteiger charge is -2.34. The summed E-state index contributed by atoms with van der Waals surface area (Å²) in [6.07, 6.45) is 0. The smallest absolute Gasteiger partial charge is 0.264 e. The molecule has 0 saturated carbocycles. The number of hydrogen-bond acceptors (Lipinski definition) is 4. The summed E-state index contributed by atoms with van der Waals surface area (Å²) >= 11 is 7.55. The Kier molecular flexibility index (Phi) is 5.76. The Balaban J connectivity index is 1.29. The van der Waals surface area contributed by atoms with Crippen LogP contribution >= 0.6 is 22.9 Å². The zero-order valence-corrected chi connectivity index (χ0v) is 19.8. The van der Waals surface area contributed by atoms with E-state index in [1.54, 1.807) is 0 Å². The van der Waals surface area contributed by atoms with E-state index in [2.05, 4.69) is 41.2 Å². The van der Waals surface area contributed by atoms with E-state index in [0.717, 1.165) is 59.2 Å². The first kappa shape index (κ1) is 21.2. The quantitative estimate of drug-likeness (QED) is 0.410. The van der Waals surface area contributed by atoms with Crippen LogP contribution in [0.4, 0.5) is 0 Å². The third-order valence-electron chi connectivity index (χ3n) is 6.01. The van der Waals surface area contributed by atoms with Gasteiger partial charge in [0.2, 0.25) is 0 Å². The van der Waals surface area contributed by atoms with Gasteiger partial charge >= 0.3 is 0 Å². The summed E-state index contributed by atoms with van der Waals surface area (Å²) in [5.41, 5.74) is 4.47. The SMILES string of the molecule is Cc1ccc(CN2CCN(C(=O)c3cc4c(C)nn(-c5ccc(Cl)cc5)c4s3)CC2)cc1. The van der Waals surface area contributed by atoms with Crippen molar-refractivity contribution in [2.45, 2.75) is 20.4 Å². The molecule has 0 aliphatic carbocycles. The number of carbonyl (C=O) groups is 1. The minimum absolute atomic E-state index is 0.114. The van der Waals surface area contributed by atoms with Crippen LogP contribution in [0, 0.1) is 13.8 Å². The Morgan fingerprint density at radius 3 is 2.38 bits per heavy atom. The highest BCUT2D eigenvalue weighted by atomic mass is 35.5. The molecule has 1 saturated heterocycles. The topological polar surface area (TPSA) is 41.4 Å². The molecule has 0 radical (unpaired) electrons. The highest BCUT2D eigenvalue weighted by molar-refractivity contribution is 7.20. The van der Waals surface area contributed by atoms with Gasteiger partial charge in [-0.3, -0.25) is 9.69 Å². The number of aryl methyl sites for hydroxylation is 2. The van der Waals surface area contributed by atoms with Gasteiger partial charge in [0.25, 0.3) is 5.91 Å². The number of hydrogen-bond donors (Lipinski definition) is 0. The number of aromatic nitrogens is 2. The van der Waals surface area contributed by atoms with E-state index in [1.807, 2.05) is 46.8 Å². The molecule has 164 valence electrons. The number of benzene rings is 2. The maximum Gasteiger partial charge on any atom is 0.264 e. The number of carbonyl (C=O) groups excluding carboxylic acids is 1. The number of halogens is 1. The molecular weight excluding hydrogens is 440 g/mol. The van der Waals surface area contributed by atoms with E-state index in [0.29, 0.717) is 5.02 Å². The number of amides is 1. The van der Waals surface area contributed by atoms with E-state index in [9.17, 15) is 4.79 Å². The second kappa shape index (κ2) is 8.70. The molecule has 2 aromatic carbocycles. The van der Waals surface area contributed by atoms with E-state index in [4.69, 9.17) is 11.6 Å². The van der Waals surface area contributed by atoms with Crippen LogP contribution in [0.15, 0.2) is 54.6 Å². The molecule has 4 aromatic rings. The molecule has 0 spiro atoms. The van der Waals surface area contributed by atoms with Gasteiger partial charge in [0.1, 0.15) is 4.83 Å². The van der Waals surface area contributed by atoms with Crippen molar-refractivity contribution in [1.82, 2.24) is 19.6 Å². The molecule has 0 atom stereocenters. The zero-order chi connectivity index (χ0) is 22.2. The molecule has 5 nitrogen and oxygen atoms in total. The van der Waals surface area contributed by atoms with Crippen LogP contribution in [0.25, 0.3) is 15.9 Å². The van der Waals surface area contributed by atoms with Crippen LogP contribution in [-0.4, -0.2) is 51.7 Å². The van der Waals surface area contributed by atoms with Gasteiger partial charge in [0.05, 0.1) is 16.3 Å². The highest BCUT2D eigenvalue weighted by Crippen LogP contribution is 2.31. The van der Waals surface area contributed by atoms with Gasteiger partial charge < -0.3 is 4.90 Å². The summed E-state index contributed by atoms with van der Waals surface area (Å²) in [6.45, 7) is 8.31. The van der Waals surface area contributed by atoms with Crippen molar-refractivity contribution in [3.63, 3.8) is 0 Å². The van der Waals surface area contributed by atoms with E-state index < -0.39 is 0 Å². The molecule has 7 heteroatoms. The molecular formula is C25H25ClN4OS. The summed E-state index contributed by atoms with van der Waals surface area (Å²) in [5.74, 6) is 0.114. The van der Waals surface area contributed by atoms with E-state index in [1.165, 1.54) is 22.5 Å². The molecule has 0 N–H and O–H groups in total. The average Bonchev–Trinajstić information content (AvgIpc) is 3.37. The third kappa shape index (κ3) is 4.18. The summed E-state index contributed by atoms with van der Waals surface area (Å²) in [4.78, 5) is 19.4. The Morgan fingerprint density at radius 1 is 1.00 bits per heavy atom. The molecule has 32 heavy (non-hydrogen) atoms. The van der Waals surface area contributed by atoms with Crippen LogP contribution in [0.1, 0.15) is 26.5 Å². The molecule has 1 amide bonds. The van der Waals surface area contributed by atoms with Crippen molar-refractivity contribution in [2.75, 3.05) is 26.2 Å². The van der Waals surface area contributed by atoms with Crippen molar-refractivity contribution in [3.05, 3.63) is 81.3 Å². The van der Waals surface area contributed by atoms with Gasteiger partial charge in [-0.25, -0.2) is 4.68 Å². The first-order chi connectivity index (χ1) is 15.5. The standard InChI is InChI=1S/C25H25ClN4OS/c1-17-3-5-19(6-4-17)16-28-11-13-29(14-12-28)24(31)23-15-22-18(2)27-30(25(22)32-23)21-9-7-20(26)8-10-21/h3-10,15H,11-14,16H2,1-2H3. The van der Waals surface area contributed by atoms with Crippen LogP contribution in [0.3, 0.4) is 0 Å². The number of nitrogens with zero attached hydrogens (tertiary/aromatic N) is 4. The summed E-state index contributed by atoms with van der Waals surface area (Å²) < 4.78 is 1.90. The summed E-state index contributed by atoms with van der Waals surface area (Å²) in [6, 6.07) is 18.3. The van der Waals surface area contributed by atoms with Gasteiger partial charge in [0, 0.05) is 43.1 Å². The number of rotatable bonds is 4. The number of fused-ring (bicyclic) bond motifs is 1. The monoisotopic (exact) mass is 464 g/mol. The Hall–Kier alpha value is -2.67. The molecule has 0 bridgehead atoms. The fourth-order valence-electron chi connectivity index (χ4n) is 4.13. The van der Waals surface area contributed by atoms with Crippen molar-refractivity contribution in [2.24, 2.45) is 0 Å². The summed E-state index contributed by atoms with van der Waals surface area (Å²) in [5, 5.41) is 6.40. The van der Waals surface area contributed by atoms with Crippen LogP contribution < -0.4 is 0 Å². The van der Waals surface area contributed by atoms with Gasteiger partial charge in [-0.1, -0.05) is 41.4 Å². The second-order valence-electron chi connectivity index (χ2n) is 8.36. The fourth-order valence-corrected chi connectivity index (χ4v) is 5.40. The summed E-state index contributed by atoms with van der Waals surface area (Å²) in [7, 11) is 0. The van der Waals surface area contributed by atoms with Crippen LogP contribution in [0.5, 0.6) is 0 Å². The van der Waals surface area contributed by atoms with Crippen LogP contribution in [-0.2, 0) is 6.54 Å². The lowest BCUT2D eigenvalue weighted by molar-refractivity contribution is 0.0633. The van der Waals surface area contributed by atoms with Gasteiger partial charge in [-0.15, -0.1) is 11.3 Å². The number of piperazine rings is 1. The molecule has 1 aliphatic rings. The van der Waals surface area contributed by atoms with Gasteiger partial charge in [0.15, 0.2) is 0 Å². The fraction of sp³-hybridized carbons (Fsp3) is 0.280. The Morgan fingerprint density at radius 2 is 1.69 bits per heavy atom. The minimum atomic E-state index is 0.114. The van der Waals surface area contributed by atoms with Crippen molar-refractivity contribution in [3.8, 4) is 5.69 Å². The molecule has 0 unspecified atom stereocenters. The normalized spacial score (nSPS) is 14.9. The third-order valence-corrected chi connectivity index (χ3v) is 7.36. The minimum Gasteiger partial charge on any atom is -0.335 e. The maximum absolute atomic E-state index is 13.2. The Bertz CT molecular complexity index is 1250. The Labute approximate surface area is 196 Å². The van der Waals surface area contributed by atoms with Crippen molar-refractivity contribution < 1.29 is 4.79 Å². The first-order valence-corrected chi connectivity index (χ1v) is 12.0. The van der Waals surface area contributed by atoms with Crippen LogP contribution in [0.2, 0.25) is 5.02 Å². The largest absolute Gasteiger partial charge is 0.335 e. The maximum atomic E-state index is 13.2. The van der Waals surface area contributed by atoms with Crippen molar-refractivity contribution >= 4 is 39.1 Å². The first-order valence-electron chi connectivity index (χ1n) is 10.8. The van der Waals surface area contributed by atoms with E-state index >= 15 is 0 Å². The number of thiophene rings is 1. The van der Waals surface area contributed by atoms with Gasteiger partial charge in [-0.2, -0.15) is 5.10 Å². The average molecular weight is 465 g/mol. The zero-order valence-electron chi connectivity index (χ0n) is 18.2. The molecule has 1 aliphatic heterocycles. The molecule has 2 aromatic heterocycles. The lowest BCUT2D eigenvalue weighted by Crippen LogP contribution is -2.48. The predicted octanol–water partition coefficient (Wildman–Crippen LogP) is 5.32. The molecule has 5 rings (SSSR count).